The second kappa shape index (κ2) is 6.71. The number of carbonyl (C=O) groups excluding carboxylic acids is 1. The Labute approximate surface area is 116 Å². The van der Waals surface area contributed by atoms with Gasteiger partial charge in [-0.3, -0.25) is 4.79 Å². The summed E-state index contributed by atoms with van der Waals surface area (Å²) in [7, 11) is 0. The smallest absolute Gasteiger partial charge is 0.240 e. The molecular formula is C15H28N2O2. The zero-order valence-corrected chi connectivity index (χ0v) is 12.3. The van der Waals surface area contributed by atoms with Gasteiger partial charge in [0.1, 0.15) is 0 Å². The maximum absolute atomic E-state index is 12.6. The minimum Gasteiger partial charge on any atom is -0.392 e. The first kappa shape index (κ1) is 14.8. The Morgan fingerprint density at radius 2 is 2.05 bits per heavy atom. The average molecular weight is 268 g/mol. The van der Waals surface area contributed by atoms with Crippen molar-refractivity contribution in [2.75, 3.05) is 13.1 Å². The van der Waals surface area contributed by atoms with E-state index in [1.54, 1.807) is 0 Å². The monoisotopic (exact) mass is 268 g/mol. The van der Waals surface area contributed by atoms with Crippen LogP contribution in [0.1, 0.15) is 52.4 Å². The molecule has 2 atom stereocenters. The number of rotatable bonds is 5. The molecule has 1 saturated heterocycles. The van der Waals surface area contributed by atoms with Crippen LogP contribution in [0.5, 0.6) is 0 Å². The Kier molecular flexibility index (Phi) is 5.22. The molecule has 1 amide bonds. The molecular weight excluding hydrogens is 240 g/mol. The fourth-order valence-electron chi connectivity index (χ4n) is 3.19. The molecule has 0 spiro atoms. The van der Waals surface area contributed by atoms with Crippen LogP contribution in [0.3, 0.4) is 0 Å². The van der Waals surface area contributed by atoms with E-state index >= 15 is 0 Å². The second-order valence-corrected chi connectivity index (χ2v) is 6.50. The van der Waals surface area contributed by atoms with E-state index in [2.05, 4.69) is 24.1 Å². The van der Waals surface area contributed by atoms with Gasteiger partial charge < -0.3 is 15.3 Å². The Balaban J connectivity index is 1.96. The highest BCUT2D eigenvalue weighted by Gasteiger charge is 2.34. The Morgan fingerprint density at radius 1 is 1.37 bits per heavy atom. The molecule has 0 radical (unpaired) electrons. The van der Waals surface area contributed by atoms with Crippen molar-refractivity contribution >= 4 is 5.91 Å². The molecule has 110 valence electrons. The van der Waals surface area contributed by atoms with E-state index in [4.69, 9.17) is 0 Å². The number of hydrogen-bond acceptors (Lipinski definition) is 3. The van der Waals surface area contributed by atoms with E-state index < -0.39 is 0 Å². The van der Waals surface area contributed by atoms with Gasteiger partial charge in [-0.25, -0.2) is 0 Å². The van der Waals surface area contributed by atoms with Crippen molar-refractivity contribution in [1.82, 2.24) is 10.2 Å². The van der Waals surface area contributed by atoms with Crippen LogP contribution in [-0.2, 0) is 4.79 Å². The van der Waals surface area contributed by atoms with E-state index in [1.165, 1.54) is 12.8 Å². The quantitative estimate of drug-likeness (QED) is 0.795. The molecule has 4 nitrogen and oxygen atoms in total. The Morgan fingerprint density at radius 3 is 2.58 bits per heavy atom. The third-order valence-electron chi connectivity index (χ3n) is 4.40. The summed E-state index contributed by atoms with van der Waals surface area (Å²) in [4.78, 5) is 14.7. The van der Waals surface area contributed by atoms with Gasteiger partial charge >= 0.3 is 0 Å². The van der Waals surface area contributed by atoms with Gasteiger partial charge in [0.25, 0.3) is 0 Å². The lowest BCUT2D eigenvalue weighted by atomic mass is 10.1. The average Bonchev–Trinajstić information content (AvgIpc) is 3.00. The van der Waals surface area contributed by atoms with Crippen molar-refractivity contribution in [1.29, 1.82) is 0 Å². The summed E-state index contributed by atoms with van der Waals surface area (Å²) >= 11 is 0. The molecule has 19 heavy (non-hydrogen) atoms. The zero-order valence-electron chi connectivity index (χ0n) is 12.3. The van der Waals surface area contributed by atoms with Crippen LogP contribution in [0.15, 0.2) is 0 Å². The van der Waals surface area contributed by atoms with Gasteiger partial charge in [0.2, 0.25) is 5.91 Å². The summed E-state index contributed by atoms with van der Waals surface area (Å²) in [6, 6.07) is 0.272. The van der Waals surface area contributed by atoms with E-state index in [0.717, 1.165) is 25.8 Å². The first-order valence-electron chi connectivity index (χ1n) is 7.80. The lowest BCUT2D eigenvalue weighted by Gasteiger charge is -2.32. The van der Waals surface area contributed by atoms with Crippen LogP contribution in [0, 0.1) is 5.92 Å². The van der Waals surface area contributed by atoms with Crippen molar-refractivity contribution in [2.24, 2.45) is 5.92 Å². The van der Waals surface area contributed by atoms with Gasteiger partial charge in [-0.1, -0.05) is 26.7 Å². The maximum atomic E-state index is 12.6. The summed E-state index contributed by atoms with van der Waals surface area (Å²) in [5.41, 5.74) is 0. The molecule has 0 aromatic rings. The number of aliphatic hydroxyl groups is 1. The standard InChI is InChI=1S/C15H28N2O2/c1-11(2)7-8-17(12-5-3-4-6-12)15(19)14-9-13(18)10-16-14/h11-14,16,18H,3-10H2,1-2H3. The number of aliphatic hydroxyl groups excluding tert-OH is 1. The molecule has 2 rings (SSSR count). The highest BCUT2D eigenvalue weighted by Crippen LogP contribution is 2.25. The zero-order chi connectivity index (χ0) is 13.8. The van der Waals surface area contributed by atoms with E-state index in [1.807, 2.05) is 0 Å². The molecule has 2 N–H and O–H groups in total. The van der Waals surface area contributed by atoms with Crippen LogP contribution >= 0.6 is 0 Å². The lowest BCUT2D eigenvalue weighted by Crippen LogP contribution is -2.48. The number of β-amino-alcohol motifs (C(OH)–C–C–N with tert-alkyl or cyclic N) is 1. The maximum Gasteiger partial charge on any atom is 0.240 e. The second-order valence-electron chi connectivity index (χ2n) is 6.50. The van der Waals surface area contributed by atoms with E-state index in [9.17, 15) is 9.90 Å². The summed E-state index contributed by atoms with van der Waals surface area (Å²) in [6.07, 6.45) is 6.08. The molecule has 1 aliphatic heterocycles. The summed E-state index contributed by atoms with van der Waals surface area (Å²) in [5.74, 6) is 0.836. The predicted octanol–water partition coefficient (Wildman–Crippen LogP) is 1.53. The van der Waals surface area contributed by atoms with Gasteiger partial charge in [0, 0.05) is 19.1 Å². The summed E-state index contributed by atoms with van der Waals surface area (Å²) in [6.45, 7) is 5.83. The molecule has 4 heteroatoms. The number of nitrogens with one attached hydrogen (secondary N) is 1. The largest absolute Gasteiger partial charge is 0.392 e. The predicted molar refractivity (Wildman–Crippen MR) is 75.8 cm³/mol. The van der Waals surface area contributed by atoms with Gasteiger partial charge in [0.05, 0.1) is 12.1 Å². The lowest BCUT2D eigenvalue weighted by molar-refractivity contribution is -0.135. The third-order valence-corrected chi connectivity index (χ3v) is 4.40. The van der Waals surface area contributed by atoms with Crippen LogP contribution in [0.4, 0.5) is 0 Å². The number of hydrogen-bond donors (Lipinski definition) is 2. The molecule has 1 heterocycles. The molecule has 2 aliphatic rings. The van der Waals surface area contributed by atoms with Gasteiger partial charge in [-0.05, 0) is 31.6 Å². The van der Waals surface area contributed by atoms with Crippen molar-refractivity contribution < 1.29 is 9.90 Å². The molecule has 1 aliphatic carbocycles. The van der Waals surface area contributed by atoms with Crippen LogP contribution in [0.25, 0.3) is 0 Å². The van der Waals surface area contributed by atoms with Gasteiger partial charge in [0.15, 0.2) is 0 Å². The molecule has 0 aromatic carbocycles. The summed E-state index contributed by atoms with van der Waals surface area (Å²) in [5, 5.41) is 12.7. The minimum atomic E-state index is -0.357. The first-order valence-corrected chi connectivity index (χ1v) is 7.80. The molecule has 1 saturated carbocycles. The number of nitrogens with zero attached hydrogens (tertiary/aromatic N) is 1. The van der Waals surface area contributed by atoms with Crippen molar-refractivity contribution in [3.63, 3.8) is 0 Å². The van der Waals surface area contributed by atoms with Crippen molar-refractivity contribution in [3.8, 4) is 0 Å². The molecule has 2 unspecified atom stereocenters. The topological polar surface area (TPSA) is 52.6 Å². The first-order chi connectivity index (χ1) is 9.08. The van der Waals surface area contributed by atoms with Gasteiger partial charge in [-0.2, -0.15) is 0 Å². The fraction of sp³-hybridized carbons (Fsp3) is 0.933. The van der Waals surface area contributed by atoms with Crippen LogP contribution in [-0.4, -0.2) is 47.2 Å². The van der Waals surface area contributed by atoms with Crippen molar-refractivity contribution in [2.45, 2.75) is 70.6 Å². The number of amides is 1. The molecule has 0 aromatic heterocycles. The normalized spacial score (nSPS) is 28.2. The highest BCUT2D eigenvalue weighted by molar-refractivity contribution is 5.82. The molecule has 2 fully saturated rings. The summed E-state index contributed by atoms with van der Waals surface area (Å²) < 4.78 is 0. The fourth-order valence-corrected chi connectivity index (χ4v) is 3.19. The van der Waals surface area contributed by atoms with Crippen LogP contribution < -0.4 is 5.32 Å². The number of carbonyl (C=O) groups is 1. The van der Waals surface area contributed by atoms with E-state index in [-0.39, 0.29) is 18.1 Å². The van der Waals surface area contributed by atoms with E-state index in [0.29, 0.717) is 24.9 Å². The highest BCUT2D eigenvalue weighted by atomic mass is 16.3. The third kappa shape index (κ3) is 3.93. The minimum absolute atomic E-state index is 0.164. The Hall–Kier alpha value is -0.610. The molecule has 0 bridgehead atoms. The van der Waals surface area contributed by atoms with Crippen LogP contribution in [0.2, 0.25) is 0 Å². The Bertz CT molecular complexity index is 301. The van der Waals surface area contributed by atoms with Gasteiger partial charge in [-0.15, -0.1) is 0 Å². The SMILES string of the molecule is CC(C)CCN(C(=O)C1CC(O)CN1)C1CCCC1. The van der Waals surface area contributed by atoms with Crippen molar-refractivity contribution in [3.05, 3.63) is 0 Å².